The predicted octanol–water partition coefficient (Wildman–Crippen LogP) is 3.23. The molecule has 4 heteroatoms. The van der Waals surface area contributed by atoms with Crippen LogP contribution < -0.4 is 11.5 Å². The third-order valence-electron chi connectivity index (χ3n) is 4.21. The highest BCUT2D eigenvalue weighted by atomic mass is 16.1. The molecule has 0 bridgehead atoms. The first-order valence-electron chi connectivity index (χ1n) is 8.35. The zero-order valence-electron chi connectivity index (χ0n) is 13.8. The van der Waals surface area contributed by atoms with Crippen molar-refractivity contribution in [3.63, 3.8) is 0 Å². The molecule has 0 aromatic heterocycles. The van der Waals surface area contributed by atoms with Gasteiger partial charge in [0.2, 0.25) is 11.8 Å². The van der Waals surface area contributed by atoms with Crippen LogP contribution in [0.3, 0.4) is 0 Å². The van der Waals surface area contributed by atoms with Crippen molar-refractivity contribution in [1.29, 1.82) is 0 Å². The van der Waals surface area contributed by atoms with Gasteiger partial charge in [-0.05, 0) is 48.9 Å². The van der Waals surface area contributed by atoms with E-state index in [0.29, 0.717) is 11.1 Å². The third-order valence-corrected chi connectivity index (χ3v) is 4.21. The molecule has 0 saturated heterocycles. The monoisotopic (exact) mass is 324 g/mol. The van der Waals surface area contributed by atoms with Crippen molar-refractivity contribution < 1.29 is 9.59 Å². The average molecular weight is 324 g/mol. The number of aryl methyl sites for hydroxylation is 2. The number of unbranched alkanes of at least 4 members (excludes halogenated alkanes) is 3. The first-order chi connectivity index (χ1) is 11.6. The molecule has 4 N–H and O–H groups in total. The molecule has 0 aliphatic carbocycles. The van der Waals surface area contributed by atoms with Gasteiger partial charge in [0.1, 0.15) is 0 Å². The van der Waals surface area contributed by atoms with Crippen LogP contribution in [0, 0.1) is 0 Å². The van der Waals surface area contributed by atoms with E-state index in [4.69, 9.17) is 11.5 Å². The summed E-state index contributed by atoms with van der Waals surface area (Å²) in [6.45, 7) is 0. The lowest BCUT2D eigenvalue weighted by atomic mass is 9.98. The fourth-order valence-corrected chi connectivity index (χ4v) is 2.94. The Morgan fingerprint density at radius 3 is 1.38 bits per heavy atom. The molecular formula is C20H24N2O2. The van der Waals surface area contributed by atoms with Crippen molar-refractivity contribution in [3.05, 3.63) is 70.8 Å². The Hall–Kier alpha value is -2.62. The second-order valence-electron chi connectivity index (χ2n) is 5.96. The normalized spacial score (nSPS) is 10.5. The largest absolute Gasteiger partial charge is 0.366 e. The number of nitrogens with two attached hydrogens (primary N) is 2. The van der Waals surface area contributed by atoms with E-state index in [2.05, 4.69) is 0 Å². The second-order valence-corrected chi connectivity index (χ2v) is 5.96. The number of carbonyl (C=O) groups is 2. The van der Waals surface area contributed by atoms with Gasteiger partial charge in [0.15, 0.2) is 0 Å². The summed E-state index contributed by atoms with van der Waals surface area (Å²) >= 11 is 0. The van der Waals surface area contributed by atoms with E-state index in [-0.39, 0.29) is 11.8 Å². The molecule has 0 fully saturated rings. The highest BCUT2D eigenvalue weighted by molar-refractivity contribution is 5.94. The zero-order valence-corrected chi connectivity index (χ0v) is 13.8. The average Bonchev–Trinajstić information content (AvgIpc) is 2.58. The highest BCUT2D eigenvalue weighted by Crippen LogP contribution is 2.15. The van der Waals surface area contributed by atoms with Crippen LogP contribution in [0.1, 0.15) is 57.5 Å². The quantitative estimate of drug-likeness (QED) is 0.694. The van der Waals surface area contributed by atoms with E-state index in [1.165, 1.54) is 0 Å². The maximum absolute atomic E-state index is 11.4. The summed E-state index contributed by atoms with van der Waals surface area (Å²) in [4.78, 5) is 22.8. The van der Waals surface area contributed by atoms with Crippen LogP contribution in [0.5, 0.6) is 0 Å². The highest BCUT2D eigenvalue weighted by Gasteiger charge is 2.08. The fraction of sp³-hybridized carbons (Fsp3) is 0.300. The van der Waals surface area contributed by atoms with Crippen molar-refractivity contribution in [2.75, 3.05) is 0 Å². The molecule has 0 radical (unpaired) electrons. The number of amides is 2. The third kappa shape index (κ3) is 4.95. The summed E-state index contributed by atoms with van der Waals surface area (Å²) < 4.78 is 0. The van der Waals surface area contributed by atoms with E-state index < -0.39 is 0 Å². The molecule has 126 valence electrons. The fourth-order valence-electron chi connectivity index (χ4n) is 2.94. The molecule has 0 atom stereocenters. The molecule has 0 unspecified atom stereocenters. The van der Waals surface area contributed by atoms with Crippen LogP contribution in [0.4, 0.5) is 0 Å². The van der Waals surface area contributed by atoms with Gasteiger partial charge in [-0.25, -0.2) is 0 Å². The lowest BCUT2D eigenvalue weighted by molar-refractivity contribution is 0.0990. The molecule has 2 aromatic carbocycles. The van der Waals surface area contributed by atoms with Crippen molar-refractivity contribution in [2.45, 2.75) is 38.5 Å². The first kappa shape index (κ1) is 17.7. The van der Waals surface area contributed by atoms with Crippen molar-refractivity contribution in [2.24, 2.45) is 11.5 Å². The SMILES string of the molecule is NC(=O)c1ccccc1CCCCCCc1ccccc1C(N)=O. The smallest absolute Gasteiger partial charge is 0.248 e. The molecule has 0 aliphatic heterocycles. The summed E-state index contributed by atoms with van der Waals surface area (Å²) in [6, 6.07) is 15.0. The Morgan fingerprint density at radius 1 is 0.625 bits per heavy atom. The molecule has 0 heterocycles. The summed E-state index contributed by atoms with van der Waals surface area (Å²) in [7, 11) is 0. The van der Waals surface area contributed by atoms with Crippen LogP contribution in [-0.2, 0) is 12.8 Å². The Morgan fingerprint density at radius 2 is 1.00 bits per heavy atom. The van der Waals surface area contributed by atoms with Crippen LogP contribution in [0.2, 0.25) is 0 Å². The van der Waals surface area contributed by atoms with Crippen molar-refractivity contribution >= 4 is 11.8 Å². The number of primary amides is 2. The summed E-state index contributed by atoms with van der Waals surface area (Å²) in [5, 5.41) is 0. The standard InChI is InChI=1S/C20H24N2O2/c21-19(23)17-13-7-5-11-15(17)9-3-1-2-4-10-16-12-6-8-14-18(16)20(22)24/h5-8,11-14H,1-4,9-10H2,(H2,21,23)(H2,22,24). The van der Waals surface area contributed by atoms with Gasteiger partial charge in [-0.1, -0.05) is 49.2 Å². The van der Waals surface area contributed by atoms with Crippen LogP contribution >= 0.6 is 0 Å². The summed E-state index contributed by atoms with van der Waals surface area (Å²) in [5.41, 5.74) is 14.1. The molecule has 2 rings (SSSR count). The molecule has 0 aliphatic rings. The molecule has 2 amide bonds. The number of hydrogen-bond acceptors (Lipinski definition) is 2. The topological polar surface area (TPSA) is 86.2 Å². The summed E-state index contributed by atoms with van der Waals surface area (Å²) in [6.07, 6.45) is 5.90. The Labute approximate surface area is 142 Å². The first-order valence-corrected chi connectivity index (χ1v) is 8.35. The van der Waals surface area contributed by atoms with E-state index >= 15 is 0 Å². The maximum Gasteiger partial charge on any atom is 0.248 e. The van der Waals surface area contributed by atoms with Gasteiger partial charge in [-0.15, -0.1) is 0 Å². The van der Waals surface area contributed by atoms with Gasteiger partial charge in [-0.2, -0.15) is 0 Å². The van der Waals surface area contributed by atoms with Gasteiger partial charge in [0.05, 0.1) is 0 Å². The Balaban J connectivity index is 1.75. The van der Waals surface area contributed by atoms with E-state index in [9.17, 15) is 9.59 Å². The minimum absolute atomic E-state index is 0.367. The number of benzene rings is 2. The zero-order chi connectivity index (χ0) is 17.4. The minimum atomic E-state index is -0.367. The van der Waals surface area contributed by atoms with E-state index in [1.807, 2.05) is 36.4 Å². The summed E-state index contributed by atoms with van der Waals surface area (Å²) in [5.74, 6) is -0.734. The predicted molar refractivity (Wildman–Crippen MR) is 95.8 cm³/mol. The Kier molecular flexibility index (Phi) is 6.55. The number of hydrogen-bond donors (Lipinski definition) is 2. The minimum Gasteiger partial charge on any atom is -0.366 e. The van der Waals surface area contributed by atoms with Crippen LogP contribution in [-0.4, -0.2) is 11.8 Å². The van der Waals surface area contributed by atoms with E-state index in [0.717, 1.165) is 49.7 Å². The van der Waals surface area contributed by atoms with Crippen molar-refractivity contribution in [1.82, 2.24) is 0 Å². The lowest BCUT2D eigenvalue weighted by Crippen LogP contribution is -2.13. The molecule has 24 heavy (non-hydrogen) atoms. The Bertz CT molecular complexity index is 649. The van der Waals surface area contributed by atoms with Gasteiger partial charge in [0.25, 0.3) is 0 Å². The van der Waals surface area contributed by atoms with Crippen molar-refractivity contribution in [3.8, 4) is 0 Å². The number of rotatable bonds is 9. The van der Waals surface area contributed by atoms with E-state index in [1.54, 1.807) is 12.1 Å². The van der Waals surface area contributed by atoms with Gasteiger partial charge < -0.3 is 11.5 Å². The molecule has 0 spiro atoms. The number of carbonyl (C=O) groups excluding carboxylic acids is 2. The lowest BCUT2D eigenvalue weighted by Gasteiger charge is -2.08. The van der Waals surface area contributed by atoms with Gasteiger partial charge in [-0.3, -0.25) is 9.59 Å². The van der Waals surface area contributed by atoms with Crippen LogP contribution in [0.15, 0.2) is 48.5 Å². The second kappa shape index (κ2) is 8.87. The molecule has 0 saturated carbocycles. The molecule has 2 aromatic rings. The molecule has 4 nitrogen and oxygen atoms in total. The molecular weight excluding hydrogens is 300 g/mol. The van der Waals surface area contributed by atoms with Crippen LogP contribution in [0.25, 0.3) is 0 Å². The van der Waals surface area contributed by atoms with Gasteiger partial charge >= 0.3 is 0 Å². The maximum atomic E-state index is 11.4. The van der Waals surface area contributed by atoms with Gasteiger partial charge in [0, 0.05) is 11.1 Å².